The van der Waals surface area contributed by atoms with Crippen molar-refractivity contribution >= 4 is 6.21 Å². The Bertz CT molecular complexity index is 628. The van der Waals surface area contributed by atoms with Gasteiger partial charge in [0.05, 0.1) is 6.21 Å². The molecular formula is C12H19Cl2CuN4O10+. The minimum Gasteiger partial charge on any atom is -0.457 e. The van der Waals surface area contributed by atoms with Gasteiger partial charge in [-0.05, 0) is 12.1 Å². The normalized spacial score (nSPS) is 10.2. The number of halogens is 2. The van der Waals surface area contributed by atoms with Gasteiger partial charge in [-0.3, -0.25) is 9.98 Å². The third kappa shape index (κ3) is 29.0. The largest absolute Gasteiger partial charge is 2.00 e. The van der Waals surface area contributed by atoms with E-state index in [0.29, 0.717) is 0 Å². The van der Waals surface area contributed by atoms with E-state index in [1.54, 1.807) is 18.6 Å². The van der Waals surface area contributed by atoms with Gasteiger partial charge in [0.15, 0.2) is 0 Å². The summed E-state index contributed by atoms with van der Waals surface area (Å²) in [7, 11) is -7.94. The zero-order valence-corrected chi connectivity index (χ0v) is 17.1. The van der Waals surface area contributed by atoms with Crippen LogP contribution >= 0.6 is 0 Å². The molecule has 0 unspecified atom stereocenters. The molecule has 171 valence electrons. The van der Waals surface area contributed by atoms with Crippen molar-refractivity contribution in [3.8, 4) is 0 Å². The Morgan fingerprint density at radius 1 is 0.966 bits per heavy atom. The molecule has 0 atom stereocenters. The maximum absolute atomic E-state index is 8.49. The Morgan fingerprint density at radius 3 is 1.86 bits per heavy atom. The molecule has 2 rings (SSSR count). The van der Waals surface area contributed by atoms with Crippen molar-refractivity contribution in [2.75, 3.05) is 6.54 Å². The fourth-order valence-corrected chi connectivity index (χ4v) is 1.37. The number of nitrogens with zero attached hydrogens (tertiary/aromatic N) is 4. The quantitative estimate of drug-likeness (QED) is 0.211. The first-order valence-corrected chi connectivity index (χ1v) is 8.93. The SMILES string of the molecule is Cn1ccnc1C=NCCc1ccccn1.O.[Cu+2].[O-][Cl+3]([O-])([O-])[O-].[O-][Cl+3]([O-])([O-])[O-].[OH3+]. The maximum atomic E-state index is 8.49. The van der Waals surface area contributed by atoms with Gasteiger partial charge >= 0.3 is 17.1 Å². The summed E-state index contributed by atoms with van der Waals surface area (Å²) >= 11 is 0. The molecule has 0 saturated heterocycles. The summed E-state index contributed by atoms with van der Waals surface area (Å²) in [6.07, 6.45) is 8.13. The average molecular weight is 514 g/mol. The van der Waals surface area contributed by atoms with Crippen molar-refractivity contribution in [3.63, 3.8) is 0 Å². The second kappa shape index (κ2) is 17.6. The topological polar surface area (TPSA) is 292 Å². The first kappa shape index (κ1) is 35.2. The Balaban J connectivity index is -0.000000205. The van der Waals surface area contributed by atoms with Gasteiger partial charge in [-0.2, -0.15) is 0 Å². The van der Waals surface area contributed by atoms with Gasteiger partial charge in [-0.1, -0.05) is 6.07 Å². The van der Waals surface area contributed by atoms with Gasteiger partial charge in [-0.15, -0.1) is 20.5 Å². The molecule has 2 aromatic rings. The van der Waals surface area contributed by atoms with E-state index < -0.39 is 20.5 Å². The van der Waals surface area contributed by atoms with Gasteiger partial charge in [0, 0.05) is 44.3 Å². The number of imidazole rings is 1. The summed E-state index contributed by atoms with van der Waals surface area (Å²) in [5.74, 6) is 0.876. The molecule has 17 heteroatoms. The molecule has 29 heavy (non-hydrogen) atoms. The predicted octanol–water partition coefficient (Wildman–Crippen LogP) is -9.78. The predicted molar refractivity (Wildman–Crippen MR) is 72.1 cm³/mol. The molecule has 0 amide bonds. The van der Waals surface area contributed by atoms with Crippen molar-refractivity contribution < 1.29 is 85.8 Å². The Labute approximate surface area is 180 Å². The summed E-state index contributed by atoms with van der Waals surface area (Å²) < 4.78 is 69.9. The molecule has 2 aromatic heterocycles. The van der Waals surface area contributed by atoms with E-state index >= 15 is 0 Å². The molecule has 0 aromatic carbocycles. The van der Waals surface area contributed by atoms with Gasteiger partial charge in [0.2, 0.25) is 0 Å². The number of rotatable bonds is 4. The van der Waals surface area contributed by atoms with Crippen LogP contribution in [0.5, 0.6) is 0 Å². The summed E-state index contributed by atoms with van der Waals surface area (Å²) in [6.45, 7) is 0.740. The number of hydrogen-bond donors (Lipinski definition) is 0. The zero-order valence-electron chi connectivity index (χ0n) is 14.6. The zero-order chi connectivity index (χ0) is 20.2. The van der Waals surface area contributed by atoms with Crippen LogP contribution in [0, 0.1) is 20.5 Å². The van der Waals surface area contributed by atoms with Crippen LogP contribution in [-0.2, 0) is 36.0 Å². The summed E-state index contributed by atoms with van der Waals surface area (Å²) in [5, 5.41) is 0. The smallest absolute Gasteiger partial charge is 0.457 e. The van der Waals surface area contributed by atoms with Crippen LogP contribution in [0.3, 0.4) is 0 Å². The van der Waals surface area contributed by atoms with Crippen LogP contribution in [-0.4, -0.2) is 32.8 Å². The first-order valence-electron chi connectivity index (χ1n) is 6.47. The van der Waals surface area contributed by atoms with Gasteiger partial charge < -0.3 is 15.5 Å². The molecule has 0 fully saturated rings. The Hall–Kier alpha value is -1.27. The van der Waals surface area contributed by atoms with Crippen molar-refractivity contribution in [1.29, 1.82) is 0 Å². The van der Waals surface area contributed by atoms with Crippen molar-refractivity contribution in [2.45, 2.75) is 6.42 Å². The van der Waals surface area contributed by atoms with Crippen molar-refractivity contribution in [2.24, 2.45) is 12.0 Å². The molecule has 0 aliphatic carbocycles. The van der Waals surface area contributed by atoms with Gasteiger partial charge in [0.1, 0.15) is 5.82 Å². The molecular weight excluding hydrogens is 495 g/mol. The van der Waals surface area contributed by atoms with Crippen molar-refractivity contribution in [1.82, 2.24) is 14.5 Å². The Morgan fingerprint density at radius 2 is 1.48 bits per heavy atom. The molecule has 2 heterocycles. The maximum Gasteiger partial charge on any atom is 2.00 e. The standard InChI is InChI=1S/C12H14N4.2ClHO4.Cu.2H2O/c1-16-9-8-15-12(16)10-13-7-5-11-4-2-3-6-14-11;2*2-1(3,4)5;;;/h2-4,6,8-10H,5,7H2,1H3;2*(H,2,3,4,5);;2*1H2/q;;;+2;;/p-1. The molecule has 0 aliphatic rings. The minimum absolute atomic E-state index is 0. The first-order chi connectivity index (χ1) is 11.9. The van der Waals surface area contributed by atoms with Crippen LogP contribution < -0.4 is 37.3 Å². The molecule has 1 radical (unpaired) electrons. The average Bonchev–Trinajstić information content (AvgIpc) is 2.87. The number of hydrogen-bond acceptors (Lipinski definition) is 11. The van der Waals surface area contributed by atoms with E-state index in [1.807, 2.05) is 36.0 Å². The second-order valence-corrected chi connectivity index (χ2v) is 5.77. The summed E-state index contributed by atoms with van der Waals surface area (Å²) in [5.41, 5.74) is 1.07. The third-order valence-electron chi connectivity index (χ3n) is 2.29. The van der Waals surface area contributed by atoms with Crippen LogP contribution in [0.25, 0.3) is 0 Å². The van der Waals surface area contributed by atoms with E-state index in [1.165, 1.54) is 0 Å². The molecule has 0 aliphatic heterocycles. The fraction of sp³-hybridized carbons (Fsp3) is 0.250. The van der Waals surface area contributed by atoms with E-state index in [0.717, 1.165) is 24.5 Å². The number of aliphatic imine (C=N–C) groups is 1. The molecule has 14 nitrogen and oxygen atoms in total. The van der Waals surface area contributed by atoms with Gasteiger partial charge in [0.25, 0.3) is 0 Å². The van der Waals surface area contributed by atoms with E-state index in [4.69, 9.17) is 37.3 Å². The van der Waals surface area contributed by atoms with E-state index in [-0.39, 0.29) is 28.0 Å². The molecule has 0 spiro atoms. The molecule has 0 bridgehead atoms. The minimum atomic E-state index is -4.94. The second-order valence-electron chi connectivity index (χ2n) is 4.26. The molecule has 0 saturated carbocycles. The number of aromatic nitrogens is 3. The monoisotopic (exact) mass is 512 g/mol. The third-order valence-corrected chi connectivity index (χ3v) is 2.29. The van der Waals surface area contributed by atoms with Crippen molar-refractivity contribution in [3.05, 3.63) is 48.3 Å². The van der Waals surface area contributed by atoms with E-state index in [9.17, 15) is 0 Å². The van der Waals surface area contributed by atoms with Crippen LogP contribution in [0.2, 0.25) is 0 Å². The summed E-state index contributed by atoms with van der Waals surface area (Å²) in [6, 6.07) is 5.92. The van der Waals surface area contributed by atoms with Gasteiger partial charge in [-0.25, -0.2) is 42.3 Å². The number of pyridine rings is 1. The van der Waals surface area contributed by atoms with Crippen LogP contribution in [0.15, 0.2) is 41.8 Å². The number of aryl methyl sites for hydroxylation is 1. The summed E-state index contributed by atoms with van der Waals surface area (Å²) in [4.78, 5) is 12.7. The van der Waals surface area contributed by atoms with Crippen LogP contribution in [0.4, 0.5) is 0 Å². The fourth-order valence-electron chi connectivity index (χ4n) is 1.37. The molecule has 5 N–H and O–H groups in total. The van der Waals surface area contributed by atoms with Crippen LogP contribution in [0.1, 0.15) is 11.5 Å². The Kier molecular flexibility index (Phi) is 21.3. The van der Waals surface area contributed by atoms with E-state index in [2.05, 4.69) is 15.0 Å².